The molecule has 0 bridgehead atoms. The third-order valence-corrected chi connectivity index (χ3v) is 4.09. The monoisotopic (exact) mass is 274 g/mol. The average molecular weight is 274 g/mol. The summed E-state index contributed by atoms with van der Waals surface area (Å²) in [6.45, 7) is 5.26. The molecule has 0 aliphatic carbocycles. The molecule has 20 heavy (non-hydrogen) atoms. The van der Waals surface area contributed by atoms with Crippen LogP contribution in [0.5, 0.6) is 0 Å². The summed E-state index contributed by atoms with van der Waals surface area (Å²) in [5.41, 5.74) is 1.21. The van der Waals surface area contributed by atoms with E-state index in [0.29, 0.717) is 6.04 Å². The number of carbonyl (C=O) groups is 1. The normalized spacial score (nSPS) is 24.1. The summed E-state index contributed by atoms with van der Waals surface area (Å²) in [5, 5.41) is 6.65. The number of carbonyl (C=O) groups excluding carboxylic acids is 1. The van der Waals surface area contributed by atoms with Gasteiger partial charge in [0.05, 0.1) is 6.04 Å². The molecule has 3 atom stereocenters. The second-order valence-corrected chi connectivity index (χ2v) is 5.84. The molecule has 3 nitrogen and oxygen atoms in total. The van der Waals surface area contributed by atoms with Gasteiger partial charge in [-0.25, -0.2) is 0 Å². The van der Waals surface area contributed by atoms with Gasteiger partial charge in [0.25, 0.3) is 0 Å². The average Bonchev–Trinajstić information content (AvgIpc) is 2.47. The molecule has 1 heterocycles. The Morgan fingerprint density at radius 2 is 2.15 bits per heavy atom. The van der Waals surface area contributed by atoms with Crippen LogP contribution in [0.25, 0.3) is 0 Å². The largest absolute Gasteiger partial charge is 0.349 e. The van der Waals surface area contributed by atoms with Crippen LogP contribution in [0.15, 0.2) is 30.3 Å². The van der Waals surface area contributed by atoms with Crippen molar-refractivity contribution in [2.24, 2.45) is 5.92 Å². The Balaban J connectivity index is 1.99. The quantitative estimate of drug-likeness (QED) is 0.866. The van der Waals surface area contributed by atoms with Crippen LogP contribution < -0.4 is 10.6 Å². The minimum atomic E-state index is 0.152. The lowest BCUT2D eigenvalue weighted by molar-refractivity contribution is -0.126. The van der Waals surface area contributed by atoms with Crippen molar-refractivity contribution in [3.05, 3.63) is 35.9 Å². The van der Waals surface area contributed by atoms with E-state index < -0.39 is 0 Å². The molecule has 0 aromatic heterocycles. The molecule has 0 spiro atoms. The van der Waals surface area contributed by atoms with Crippen molar-refractivity contribution in [3.63, 3.8) is 0 Å². The highest BCUT2D eigenvalue weighted by Crippen LogP contribution is 2.21. The van der Waals surface area contributed by atoms with Gasteiger partial charge in [0.2, 0.25) is 5.91 Å². The minimum Gasteiger partial charge on any atom is -0.349 e. The summed E-state index contributed by atoms with van der Waals surface area (Å²) in [7, 11) is 0. The summed E-state index contributed by atoms with van der Waals surface area (Å²) in [6, 6.07) is 10.9. The van der Waals surface area contributed by atoms with Crippen molar-refractivity contribution in [1.82, 2.24) is 10.6 Å². The van der Waals surface area contributed by atoms with Gasteiger partial charge in [-0.2, -0.15) is 0 Å². The summed E-state index contributed by atoms with van der Waals surface area (Å²) in [4.78, 5) is 12.5. The van der Waals surface area contributed by atoms with Crippen molar-refractivity contribution in [3.8, 4) is 0 Å². The number of hydrogen-bond donors (Lipinski definition) is 2. The van der Waals surface area contributed by atoms with E-state index in [4.69, 9.17) is 0 Å². The predicted molar refractivity (Wildman–Crippen MR) is 82.4 cm³/mol. The molecule has 0 saturated carbocycles. The Morgan fingerprint density at radius 1 is 1.40 bits per heavy atom. The second-order valence-electron chi connectivity index (χ2n) is 5.84. The van der Waals surface area contributed by atoms with Crippen LogP contribution in [-0.2, 0) is 4.79 Å². The first-order valence-electron chi connectivity index (χ1n) is 7.79. The maximum Gasteiger partial charge on any atom is 0.223 e. The van der Waals surface area contributed by atoms with E-state index in [1.165, 1.54) is 5.56 Å². The summed E-state index contributed by atoms with van der Waals surface area (Å²) >= 11 is 0. The Labute approximate surface area is 122 Å². The number of benzene rings is 1. The van der Waals surface area contributed by atoms with Crippen LogP contribution in [0.4, 0.5) is 0 Å². The van der Waals surface area contributed by atoms with Crippen LogP contribution in [0.1, 0.15) is 51.1 Å². The van der Waals surface area contributed by atoms with Gasteiger partial charge in [-0.1, -0.05) is 43.7 Å². The molecule has 1 fully saturated rings. The molecule has 110 valence electrons. The third-order valence-electron chi connectivity index (χ3n) is 4.09. The van der Waals surface area contributed by atoms with E-state index in [2.05, 4.69) is 36.6 Å². The smallest absolute Gasteiger partial charge is 0.223 e. The fourth-order valence-electron chi connectivity index (χ4n) is 2.96. The van der Waals surface area contributed by atoms with Crippen LogP contribution in [0.3, 0.4) is 0 Å². The lowest BCUT2D eigenvalue weighted by atomic mass is 9.91. The molecule has 1 saturated heterocycles. The Bertz CT molecular complexity index is 418. The van der Waals surface area contributed by atoms with E-state index in [1.807, 2.05) is 18.2 Å². The van der Waals surface area contributed by atoms with Gasteiger partial charge >= 0.3 is 0 Å². The summed E-state index contributed by atoms with van der Waals surface area (Å²) in [5.74, 6) is 0.384. The Hall–Kier alpha value is -1.35. The second kappa shape index (κ2) is 7.44. The maximum absolute atomic E-state index is 12.5. The van der Waals surface area contributed by atoms with Crippen LogP contribution >= 0.6 is 0 Å². The van der Waals surface area contributed by atoms with Gasteiger partial charge in [0.15, 0.2) is 0 Å². The number of nitrogens with one attached hydrogen (secondary N) is 2. The SMILES string of the molecule is CCCC(NC(=O)[C@H]1CCN[C@@H](C)C1)c1ccccc1. The molecular formula is C17H26N2O. The molecule has 1 aliphatic heterocycles. The van der Waals surface area contributed by atoms with E-state index in [0.717, 1.165) is 32.2 Å². The predicted octanol–water partition coefficient (Wildman–Crippen LogP) is 3.03. The summed E-state index contributed by atoms with van der Waals surface area (Å²) < 4.78 is 0. The topological polar surface area (TPSA) is 41.1 Å². The fraction of sp³-hybridized carbons (Fsp3) is 0.588. The van der Waals surface area contributed by atoms with Gasteiger partial charge in [-0.05, 0) is 38.3 Å². The van der Waals surface area contributed by atoms with E-state index in [-0.39, 0.29) is 17.9 Å². The number of hydrogen-bond acceptors (Lipinski definition) is 2. The van der Waals surface area contributed by atoms with Gasteiger partial charge < -0.3 is 10.6 Å². The number of amides is 1. The molecule has 0 radical (unpaired) electrons. The molecule has 1 unspecified atom stereocenters. The van der Waals surface area contributed by atoms with Gasteiger partial charge in [0, 0.05) is 12.0 Å². The van der Waals surface area contributed by atoms with Crippen molar-refractivity contribution in [2.75, 3.05) is 6.54 Å². The van der Waals surface area contributed by atoms with Crippen molar-refractivity contribution < 1.29 is 4.79 Å². The fourth-order valence-corrected chi connectivity index (χ4v) is 2.96. The molecule has 1 aliphatic rings. The lowest BCUT2D eigenvalue weighted by Crippen LogP contribution is -2.43. The Morgan fingerprint density at radius 3 is 2.80 bits per heavy atom. The van der Waals surface area contributed by atoms with Gasteiger partial charge in [-0.3, -0.25) is 4.79 Å². The summed E-state index contributed by atoms with van der Waals surface area (Å²) in [6.07, 6.45) is 3.96. The molecule has 1 aromatic carbocycles. The van der Waals surface area contributed by atoms with Gasteiger partial charge in [0.1, 0.15) is 0 Å². The van der Waals surface area contributed by atoms with E-state index in [9.17, 15) is 4.79 Å². The lowest BCUT2D eigenvalue weighted by Gasteiger charge is -2.29. The van der Waals surface area contributed by atoms with Crippen molar-refractivity contribution in [2.45, 2.75) is 51.6 Å². The molecular weight excluding hydrogens is 248 g/mol. The van der Waals surface area contributed by atoms with Crippen LogP contribution in [0.2, 0.25) is 0 Å². The van der Waals surface area contributed by atoms with Gasteiger partial charge in [-0.15, -0.1) is 0 Å². The molecule has 2 N–H and O–H groups in total. The molecule has 2 rings (SSSR count). The molecule has 1 amide bonds. The van der Waals surface area contributed by atoms with Crippen LogP contribution in [-0.4, -0.2) is 18.5 Å². The zero-order valence-corrected chi connectivity index (χ0v) is 12.6. The number of piperidine rings is 1. The Kier molecular flexibility index (Phi) is 5.60. The van der Waals surface area contributed by atoms with Crippen molar-refractivity contribution in [1.29, 1.82) is 0 Å². The highest BCUT2D eigenvalue weighted by Gasteiger charge is 2.26. The highest BCUT2D eigenvalue weighted by molar-refractivity contribution is 5.79. The standard InChI is InChI=1S/C17H26N2O/c1-3-7-16(14-8-5-4-6-9-14)19-17(20)15-10-11-18-13(2)12-15/h4-6,8-9,13,15-16,18H,3,7,10-12H2,1-2H3,(H,19,20)/t13-,15-,16?/m0/s1. The molecule has 1 aromatic rings. The first kappa shape index (κ1) is 15.0. The van der Waals surface area contributed by atoms with Crippen molar-refractivity contribution >= 4 is 5.91 Å². The maximum atomic E-state index is 12.5. The molecule has 3 heteroatoms. The van der Waals surface area contributed by atoms with E-state index >= 15 is 0 Å². The number of rotatable bonds is 5. The van der Waals surface area contributed by atoms with Crippen LogP contribution in [0, 0.1) is 5.92 Å². The zero-order chi connectivity index (χ0) is 14.4. The third kappa shape index (κ3) is 4.07. The first-order valence-corrected chi connectivity index (χ1v) is 7.79. The van der Waals surface area contributed by atoms with E-state index in [1.54, 1.807) is 0 Å². The highest BCUT2D eigenvalue weighted by atomic mass is 16.1. The minimum absolute atomic E-state index is 0.152. The zero-order valence-electron chi connectivity index (χ0n) is 12.6. The first-order chi connectivity index (χ1) is 9.70.